The summed E-state index contributed by atoms with van der Waals surface area (Å²) in [7, 11) is 3.25. The smallest absolute Gasteiger partial charge is 0.272 e. The molecule has 2 aromatic carbocycles. The second kappa shape index (κ2) is 14.9. The van der Waals surface area contributed by atoms with Crippen molar-refractivity contribution in [3.05, 3.63) is 64.2 Å². The van der Waals surface area contributed by atoms with E-state index in [4.69, 9.17) is 22.1 Å². The minimum Gasteiger partial charge on any atom is -0.506 e. The fourth-order valence-electron chi connectivity index (χ4n) is 4.46. The zero-order valence-corrected chi connectivity index (χ0v) is 22.3. The van der Waals surface area contributed by atoms with E-state index in [1.807, 2.05) is 43.0 Å². The summed E-state index contributed by atoms with van der Waals surface area (Å²) in [6.07, 6.45) is 6.09. The van der Waals surface area contributed by atoms with E-state index in [-0.39, 0.29) is 17.4 Å². The van der Waals surface area contributed by atoms with Crippen molar-refractivity contribution < 1.29 is 14.6 Å². The molecule has 0 unspecified atom stereocenters. The quantitative estimate of drug-likeness (QED) is 0.548. The standard InChI is InChI=1S/C19H27N3O.C7H7ClO.C2H6O/c1-15-7-3-4-8-17(15)18(20)19(23)22-13-9-16(10-14-22)21-11-5-2-6-12-21;1-5-2-3-7(9)6(8)4-5;1-3-2/h3-4,7-8,16,20H,2,5-6,9-14H2,1H3;2-4,9H,1H3;1-2H3. The molecule has 0 aliphatic carbocycles. The predicted octanol–water partition coefficient (Wildman–Crippen LogP) is 5.46. The molecule has 2 N–H and O–H groups in total. The van der Waals surface area contributed by atoms with Crippen LogP contribution < -0.4 is 0 Å². The molecule has 2 saturated heterocycles. The Hall–Kier alpha value is -2.41. The number of aromatic hydroxyl groups is 1. The summed E-state index contributed by atoms with van der Waals surface area (Å²) < 4.78 is 4.25. The summed E-state index contributed by atoms with van der Waals surface area (Å²) in [5.74, 6) is 0.0265. The van der Waals surface area contributed by atoms with Crippen molar-refractivity contribution in [2.75, 3.05) is 40.4 Å². The highest BCUT2D eigenvalue weighted by molar-refractivity contribution is 6.44. The van der Waals surface area contributed by atoms with E-state index < -0.39 is 0 Å². The summed E-state index contributed by atoms with van der Waals surface area (Å²) in [6, 6.07) is 13.4. The Morgan fingerprint density at radius 2 is 1.60 bits per heavy atom. The van der Waals surface area contributed by atoms with E-state index in [9.17, 15) is 4.79 Å². The van der Waals surface area contributed by atoms with Gasteiger partial charge in [0.2, 0.25) is 0 Å². The molecule has 7 heteroatoms. The molecule has 2 aliphatic heterocycles. The van der Waals surface area contributed by atoms with Crippen LogP contribution in [0.2, 0.25) is 5.02 Å². The average Bonchev–Trinajstić information content (AvgIpc) is 2.87. The van der Waals surface area contributed by atoms with Gasteiger partial charge >= 0.3 is 0 Å². The van der Waals surface area contributed by atoms with Crippen LogP contribution in [0.15, 0.2) is 42.5 Å². The van der Waals surface area contributed by atoms with Crippen molar-refractivity contribution in [1.82, 2.24) is 9.80 Å². The van der Waals surface area contributed by atoms with Gasteiger partial charge in [-0.25, -0.2) is 0 Å². The summed E-state index contributed by atoms with van der Waals surface area (Å²) in [5, 5.41) is 17.6. The van der Waals surface area contributed by atoms with Gasteiger partial charge in [0.25, 0.3) is 5.91 Å². The third kappa shape index (κ3) is 8.95. The van der Waals surface area contributed by atoms with E-state index in [0.29, 0.717) is 11.1 Å². The van der Waals surface area contributed by atoms with Gasteiger partial charge in [-0.1, -0.05) is 48.4 Å². The first kappa shape index (κ1) is 28.8. The number of rotatable bonds is 3. The molecule has 0 bridgehead atoms. The van der Waals surface area contributed by atoms with Gasteiger partial charge in [-0.2, -0.15) is 0 Å². The number of methoxy groups -OCH3 is 1. The molecule has 0 saturated carbocycles. The highest BCUT2D eigenvalue weighted by atomic mass is 35.5. The minimum atomic E-state index is -0.114. The maximum absolute atomic E-state index is 12.6. The third-order valence-corrected chi connectivity index (χ3v) is 6.69. The van der Waals surface area contributed by atoms with Crippen LogP contribution in [0, 0.1) is 19.3 Å². The lowest BCUT2D eigenvalue weighted by Gasteiger charge is -2.40. The van der Waals surface area contributed by atoms with Gasteiger partial charge in [0.15, 0.2) is 0 Å². The molecule has 0 aromatic heterocycles. The van der Waals surface area contributed by atoms with Crippen LogP contribution in [0.25, 0.3) is 0 Å². The molecule has 1 amide bonds. The molecule has 4 rings (SSSR count). The monoisotopic (exact) mass is 501 g/mol. The van der Waals surface area contributed by atoms with Crippen LogP contribution in [-0.4, -0.2) is 73.0 Å². The molecule has 0 spiro atoms. The molecule has 0 radical (unpaired) electrons. The molecule has 2 aromatic rings. The number of ether oxygens (including phenoxy) is 1. The van der Waals surface area contributed by atoms with Crippen molar-refractivity contribution in [1.29, 1.82) is 5.41 Å². The summed E-state index contributed by atoms with van der Waals surface area (Å²) in [5.41, 5.74) is 2.95. The molecule has 2 aliphatic rings. The number of hydrogen-bond donors (Lipinski definition) is 2. The first-order valence-electron chi connectivity index (χ1n) is 12.3. The molecule has 6 nitrogen and oxygen atoms in total. The van der Waals surface area contributed by atoms with Crippen molar-refractivity contribution >= 4 is 23.2 Å². The number of aryl methyl sites for hydroxylation is 2. The zero-order valence-electron chi connectivity index (χ0n) is 21.5. The van der Waals surface area contributed by atoms with Crippen LogP contribution in [0.4, 0.5) is 0 Å². The number of hydrogen-bond acceptors (Lipinski definition) is 5. The Balaban J connectivity index is 0.000000299. The highest BCUT2D eigenvalue weighted by Crippen LogP contribution is 2.23. The lowest BCUT2D eigenvalue weighted by Crippen LogP contribution is -2.49. The van der Waals surface area contributed by atoms with E-state index in [1.165, 1.54) is 32.4 Å². The number of carbonyl (C=O) groups excluding carboxylic acids is 1. The van der Waals surface area contributed by atoms with E-state index in [1.54, 1.807) is 32.4 Å². The van der Waals surface area contributed by atoms with Gasteiger partial charge < -0.3 is 19.6 Å². The Kier molecular flexibility index (Phi) is 12.2. The van der Waals surface area contributed by atoms with Crippen LogP contribution >= 0.6 is 11.6 Å². The third-order valence-electron chi connectivity index (χ3n) is 6.39. The number of carbonyl (C=O) groups is 1. The number of piperidine rings is 2. The van der Waals surface area contributed by atoms with Crippen molar-refractivity contribution in [2.24, 2.45) is 0 Å². The lowest BCUT2D eigenvalue weighted by atomic mass is 9.98. The highest BCUT2D eigenvalue weighted by Gasteiger charge is 2.29. The molecule has 2 heterocycles. The molecular weight excluding hydrogens is 462 g/mol. The van der Waals surface area contributed by atoms with Crippen molar-refractivity contribution in [3.63, 3.8) is 0 Å². The topological polar surface area (TPSA) is 76.9 Å². The fraction of sp³-hybridized carbons (Fsp3) is 0.500. The minimum absolute atomic E-state index is 0.114. The largest absolute Gasteiger partial charge is 0.506 e. The van der Waals surface area contributed by atoms with Gasteiger partial charge in [0.1, 0.15) is 11.5 Å². The summed E-state index contributed by atoms with van der Waals surface area (Å²) in [6.45, 7) is 7.89. The number of nitrogens with one attached hydrogen (secondary N) is 1. The predicted molar refractivity (Wildman–Crippen MR) is 144 cm³/mol. The number of halogens is 1. The summed E-state index contributed by atoms with van der Waals surface area (Å²) >= 11 is 5.56. The lowest BCUT2D eigenvalue weighted by molar-refractivity contribution is -0.125. The van der Waals surface area contributed by atoms with Gasteiger partial charge in [-0.3, -0.25) is 10.2 Å². The number of amides is 1. The van der Waals surface area contributed by atoms with Gasteiger partial charge in [-0.05, 0) is 75.9 Å². The normalized spacial score (nSPS) is 16.4. The number of phenols is 1. The van der Waals surface area contributed by atoms with E-state index in [0.717, 1.165) is 42.6 Å². The van der Waals surface area contributed by atoms with Crippen LogP contribution in [0.5, 0.6) is 5.75 Å². The second-order valence-electron chi connectivity index (χ2n) is 9.17. The summed E-state index contributed by atoms with van der Waals surface area (Å²) in [4.78, 5) is 17.1. The molecular formula is C28H40ClN3O3. The molecule has 192 valence electrons. The molecule has 35 heavy (non-hydrogen) atoms. The first-order valence-corrected chi connectivity index (χ1v) is 12.7. The Bertz CT molecular complexity index is 952. The molecule has 2 fully saturated rings. The Morgan fingerprint density at radius 1 is 1.00 bits per heavy atom. The van der Waals surface area contributed by atoms with Crippen LogP contribution in [-0.2, 0) is 9.53 Å². The first-order chi connectivity index (χ1) is 16.8. The van der Waals surface area contributed by atoms with E-state index >= 15 is 0 Å². The maximum Gasteiger partial charge on any atom is 0.272 e. The van der Waals surface area contributed by atoms with Crippen molar-refractivity contribution in [3.8, 4) is 5.75 Å². The average molecular weight is 502 g/mol. The Labute approximate surface area is 215 Å². The molecule has 0 atom stereocenters. The Morgan fingerprint density at radius 3 is 2.14 bits per heavy atom. The van der Waals surface area contributed by atoms with Gasteiger partial charge in [-0.15, -0.1) is 0 Å². The van der Waals surface area contributed by atoms with Crippen molar-refractivity contribution in [2.45, 2.75) is 52.0 Å². The number of likely N-dealkylation sites (tertiary alicyclic amines) is 2. The number of nitrogens with zero attached hydrogens (tertiary/aromatic N) is 2. The van der Waals surface area contributed by atoms with E-state index in [2.05, 4.69) is 9.64 Å². The van der Waals surface area contributed by atoms with Gasteiger partial charge in [0.05, 0.1) is 5.02 Å². The zero-order chi connectivity index (χ0) is 25.8. The maximum atomic E-state index is 12.6. The van der Waals surface area contributed by atoms with Gasteiger partial charge in [0, 0.05) is 38.9 Å². The number of benzene rings is 2. The van der Waals surface area contributed by atoms with Crippen LogP contribution in [0.1, 0.15) is 48.8 Å². The second-order valence-corrected chi connectivity index (χ2v) is 9.58. The van der Waals surface area contributed by atoms with Crippen LogP contribution in [0.3, 0.4) is 0 Å². The fourth-order valence-corrected chi connectivity index (χ4v) is 4.69. The number of phenolic OH excluding ortho intramolecular Hbond substituents is 1. The SMILES string of the molecule is COC.Cc1ccc(O)c(Cl)c1.Cc1ccccc1C(=N)C(=O)N1CCC(N2CCCCC2)CC1.